The van der Waals surface area contributed by atoms with Crippen molar-refractivity contribution >= 4 is 22.6 Å². The Bertz CT molecular complexity index is 976. The van der Waals surface area contributed by atoms with Gasteiger partial charge in [-0.2, -0.15) is 0 Å². The number of halogens is 1. The topological polar surface area (TPSA) is 43.0 Å². The molecule has 2 aromatic carbocycles. The number of rotatable bonds is 6. The van der Waals surface area contributed by atoms with Crippen LogP contribution in [0.1, 0.15) is 17.1 Å². The summed E-state index contributed by atoms with van der Waals surface area (Å²) in [6.07, 6.45) is 1.69. The number of nitrogens with zero attached hydrogens (tertiary/aromatic N) is 2. The van der Waals surface area contributed by atoms with Gasteiger partial charge in [-0.25, -0.2) is 4.98 Å². The third-order valence-electron chi connectivity index (χ3n) is 4.13. The molecule has 0 saturated heterocycles. The average Bonchev–Trinajstić information content (AvgIpc) is 3.24. The maximum atomic E-state index is 6.14. The largest absolute Gasteiger partial charge is 0.468 e. The number of aromatic nitrogens is 2. The molecule has 0 spiro atoms. The van der Waals surface area contributed by atoms with Crippen LogP contribution in [-0.4, -0.2) is 9.55 Å². The molecule has 25 heavy (non-hydrogen) atoms. The summed E-state index contributed by atoms with van der Waals surface area (Å²) in [4.78, 5) is 4.79. The molecule has 126 valence electrons. The van der Waals surface area contributed by atoms with Gasteiger partial charge in [0.05, 0.1) is 30.4 Å². The molecular formula is C20H18ClN3O. The number of nitrogens with one attached hydrogen (secondary N) is 1. The fourth-order valence-electron chi connectivity index (χ4n) is 2.97. The van der Waals surface area contributed by atoms with Crippen LogP contribution in [0.3, 0.4) is 0 Å². The summed E-state index contributed by atoms with van der Waals surface area (Å²) in [5.41, 5.74) is 3.28. The Kier molecular flexibility index (Phi) is 4.55. The summed E-state index contributed by atoms with van der Waals surface area (Å²) >= 11 is 6.14. The van der Waals surface area contributed by atoms with Crippen LogP contribution in [0.4, 0.5) is 0 Å². The van der Waals surface area contributed by atoms with E-state index >= 15 is 0 Å². The Morgan fingerprint density at radius 1 is 1.00 bits per heavy atom. The van der Waals surface area contributed by atoms with E-state index in [0.717, 1.165) is 39.7 Å². The number of para-hydroxylation sites is 2. The summed E-state index contributed by atoms with van der Waals surface area (Å²) < 4.78 is 7.60. The highest BCUT2D eigenvalue weighted by molar-refractivity contribution is 6.30. The van der Waals surface area contributed by atoms with Gasteiger partial charge in [0.2, 0.25) is 0 Å². The van der Waals surface area contributed by atoms with Crippen molar-refractivity contribution in [1.82, 2.24) is 14.9 Å². The van der Waals surface area contributed by atoms with Crippen LogP contribution < -0.4 is 5.32 Å². The first-order valence-electron chi connectivity index (χ1n) is 8.21. The maximum absolute atomic E-state index is 6.14. The summed E-state index contributed by atoms with van der Waals surface area (Å²) in [7, 11) is 0. The molecule has 0 atom stereocenters. The lowest BCUT2D eigenvalue weighted by Crippen LogP contribution is -2.17. The fourth-order valence-corrected chi connectivity index (χ4v) is 3.18. The van der Waals surface area contributed by atoms with Gasteiger partial charge in [-0.1, -0.05) is 35.9 Å². The summed E-state index contributed by atoms with van der Waals surface area (Å²) in [5, 5.41) is 4.15. The van der Waals surface area contributed by atoms with Gasteiger partial charge in [0.25, 0.3) is 0 Å². The third kappa shape index (κ3) is 3.60. The molecule has 0 amide bonds. The molecule has 0 unspecified atom stereocenters. The summed E-state index contributed by atoms with van der Waals surface area (Å²) in [6.45, 7) is 2.07. The zero-order chi connectivity index (χ0) is 17.1. The van der Waals surface area contributed by atoms with Gasteiger partial charge < -0.3 is 14.3 Å². The van der Waals surface area contributed by atoms with Crippen LogP contribution in [0, 0.1) is 0 Å². The van der Waals surface area contributed by atoms with E-state index in [0.29, 0.717) is 13.1 Å². The van der Waals surface area contributed by atoms with Crippen molar-refractivity contribution in [2.45, 2.75) is 19.6 Å². The van der Waals surface area contributed by atoms with Gasteiger partial charge in [0, 0.05) is 11.6 Å². The van der Waals surface area contributed by atoms with Crippen molar-refractivity contribution in [3.8, 4) is 0 Å². The molecule has 0 fully saturated rings. The Balaban J connectivity index is 1.61. The van der Waals surface area contributed by atoms with Crippen molar-refractivity contribution in [3.63, 3.8) is 0 Å². The molecule has 0 saturated carbocycles. The molecule has 4 rings (SSSR count). The van der Waals surface area contributed by atoms with Crippen molar-refractivity contribution in [1.29, 1.82) is 0 Å². The van der Waals surface area contributed by atoms with Gasteiger partial charge in [0.1, 0.15) is 11.6 Å². The van der Waals surface area contributed by atoms with Gasteiger partial charge >= 0.3 is 0 Å². The Morgan fingerprint density at radius 3 is 2.76 bits per heavy atom. The van der Waals surface area contributed by atoms with Crippen molar-refractivity contribution in [2.75, 3.05) is 0 Å². The van der Waals surface area contributed by atoms with E-state index in [2.05, 4.69) is 22.0 Å². The second kappa shape index (κ2) is 7.13. The quantitative estimate of drug-likeness (QED) is 0.551. The van der Waals surface area contributed by atoms with Crippen LogP contribution in [0.25, 0.3) is 11.0 Å². The van der Waals surface area contributed by atoms with E-state index in [4.69, 9.17) is 21.0 Å². The first kappa shape index (κ1) is 15.9. The van der Waals surface area contributed by atoms with Crippen LogP contribution >= 0.6 is 11.6 Å². The van der Waals surface area contributed by atoms with Crippen molar-refractivity contribution in [2.24, 2.45) is 0 Å². The van der Waals surface area contributed by atoms with E-state index in [1.54, 1.807) is 6.26 Å². The minimum atomic E-state index is 0.663. The van der Waals surface area contributed by atoms with Crippen molar-refractivity contribution < 1.29 is 4.42 Å². The third-order valence-corrected chi connectivity index (χ3v) is 4.36. The zero-order valence-electron chi connectivity index (χ0n) is 13.7. The van der Waals surface area contributed by atoms with E-state index < -0.39 is 0 Å². The molecule has 0 aliphatic carbocycles. The summed E-state index contributed by atoms with van der Waals surface area (Å²) in [5.74, 6) is 1.91. The predicted octanol–water partition coefficient (Wildman–Crippen LogP) is 4.62. The van der Waals surface area contributed by atoms with E-state index in [-0.39, 0.29) is 0 Å². The molecule has 4 nitrogen and oxygen atoms in total. The number of benzene rings is 2. The Labute approximate surface area is 151 Å². The highest BCUT2D eigenvalue weighted by Crippen LogP contribution is 2.19. The first-order chi connectivity index (χ1) is 12.3. The SMILES string of the molecule is Clc1cccc(Cn2c(CNCc3ccco3)nc3ccccc32)c1. The second-order valence-electron chi connectivity index (χ2n) is 5.92. The predicted molar refractivity (Wildman–Crippen MR) is 99.5 cm³/mol. The Morgan fingerprint density at radius 2 is 1.92 bits per heavy atom. The lowest BCUT2D eigenvalue weighted by atomic mass is 10.2. The highest BCUT2D eigenvalue weighted by Gasteiger charge is 2.11. The van der Waals surface area contributed by atoms with E-state index in [1.165, 1.54) is 0 Å². The molecule has 4 aromatic rings. The minimum absolute atomic E-state index is 0.663. The van der Waals surface area contributed by atoms with Gasteiger partial charge in [-0.3, -0.25) is 0 Å². The van der Waals surface area contributed by atoms with E-state index in [1.807, 2.05) is 48.5 Å². The normalized spacial score (nSPS) is 11.2. The number of imidazole rings is 1. The lowest BCUT2D eigenvalue weighted by Gasteiger charge is -2.10. The van der Waals surface area contributed by atoms with Gasteiger partial charge in [-0.05, 0) is 42.0 Å². The standard InChI is InChI=1S/C20H18ClN3O/c21-16-6-3-5-15(11-16)14-24-19-9-2-1-8-18(19)23-20(24)13-22-12-17-7-4-10-25-17/h1-11,22H,12-14H2. The van der Waals surface area contributed by atoms with Crippen molar-refractivity contribution in [3.05, 3.63) is 89.1 Å². The minimum Gasteiger partial charge on any atom is -0.468 e. The van der Waals surface area contributed by atoms with Crippen LogP contribution in [0.15, 0.2) is 71.3 Å². The van der Waals surface area contributed by atoms with Gasteiger partial charge in [-0.15, -0.1) is 0 Å². The number of fused-ring (bicyclic) bond motifs is 1. The number of furan rings is 1. The Hall–Kier alpha value is -2.56. The van der Waals surface area contributed by atoms with Crippen LogP contribution in [-0.2, 0) is 19.6 Å². The smallest absolute Gasteiger partial charge is 0.124 e. The van der Waals surface area contributed by atoms with Gasteiger partial charge in [0.15, 0.2) is 0 Å². The maximum Gasteiger partial charge on any atom is 0.124 e. The van der Waals surface area contributed by atoms with Crippen LogP contribution in [0.2, 0.25) is 5.02 Å². The lowest BCUT2D eigenvalue weighted by molar-refractivity contribution is 0.478. The molecule has 0 bridgehead atoms. The molecule has 0 aliphatic heterocycles. The molecule has 1 N–H and O–H groups in total. The molecule has 5 heteroatoms. The first-order valence-corrected chi connectivity index (χ1v) is 8.59. The fraction of sp³-hybridized carbons (Fsp3) is 0.150. The monoisotopic (exact) mass is 351 g/mol. The molecule has 2 aromatic heterocycles. The highest BCUT2D eigenvalue weighted by atomic mass is 35.5. The molecular weight excluding hydrogens is 334 g/mol. The molecule has 2 heterocycles. The average molecular weight is 352 g/mol. The molecule has 0 aliphatic rings. The second-order valence-corrected chi connectivity index (χ2v) is 6.35. The number of hydrogen-bond donors (Lipinski definition) is 1. The van der Waals surface area contributed by atoms with Crippen LogP contribution in [0.5, 0.6) is 0 Å². The van der Waals surface area contributed by atoms with E-state index in [9.17, 15) is 0 Å². The summed E-state index contributed by atoms with van der Waals surface area (Å²) in [6, 6.07) is 20.0. The zero-order valence-corrected chi connectivity index (χ0v) is 14.4. The molecule has 0 radical (unpaired) electrons. The number of hydrogen-bond acceptors (Lipinski definition) is 3.